The van der Waals surface area contributed by atoms with E-state index in [9.17, 15) is 0 Å². The minimum atomic E-state index is 0.471. The van der Waals surface area contributed by atoms with Crippen molar-refractivity contribution in [3.05, 3.63) is 23.8 Å². The van der Waals surface area contributed by atoms with E-state index in [4.69, 9.17) is 4.74 Å². The monoisotopic (exact) mass is 232 g/mol. The highest BCUT2D eigenvalue weighted by molar-refractivity contribution is 5.75. The molecule has 3 nitrogen and oxygen atoms in total. The van der Waals surface area contributed by atoms with Crippen LogP contribution in [0.25, 0.3) is 0 Å². The maximum absolute atomic E-state index is 5.52. The Morgan fingerprint density at radius 2 is 2.35 bits per heavy atom. The summed E-state index contributed by atoms with van der Waals surface area (Å²) >= 11 is 0. The summed E-state index contributed by atoms with van der Waals surface area (Å²) < 4.78 is 5.52. The van der Waals surface area contributed by atoms with Crippen molar-refractivity contribution < 1.29 is 4.74 Å². The Kier molecular flexibility index (Phi) is 2.93. The van der Waals surface area contributed by atoms with Crippen LogP contribution in [0.15, 0.2) is 18.2 Å². The number of morpholine rings is 1. The highest BCUT2D eigenvalue weighted by Gasteiger charge is 2.23. The summed E-state index contributed by atoms with van der Waals surface area (Å²) in [6.07, 6.45) is 2.45. The molecule has 1 saturated heterocycles. The van der Waals surface area contributed by atoms with Gasteiger partial charge in [0.15, 0.2) is 0 Å². The van der Waals surface area contributed by atoms with Crippen LogP contribution in [-0.2, 0) is 11.2 Å². The summed E-state index contributed by atoms with van der Waals surface area (Å²) in [5.74, 6) is 0. The molecule has 1 fully saturated rings. The summed E-state index contributed by atoms with van der Waals surface area (Å²) in [7, 11) is 0. The molecule has 0 aromatic heterocycles. The van der Waals surface area contributed by atoms with Gasteiger partial charge in [0.25, 0.3) is 0 Å². The van der Waals surface area contributed by atoms with Crippen LogP contribution < -0.4 is 10.2 Å². The molecule has 1 aromatic rings. The molecule has 1 N–H and O–H groups in total. The number of fused-ring (bicyclic) bond motifs is 1. The second-order valence-electron chi connectivity index (χ2n) is 4.96. The first-order chi connectivity index (χ1) is 8.36. The van der Waals surface area contributed by atoms with Crippen LogP contribution in [0.1, 0.15) is 18.9 Å². The first-order valence-corrected chi connectivity index (χ1v) is 6.56. The Hall–Kier alpha value is -1.22. The average molecular weight is 232 g/mol. The van der Waals surface area contributed by atoms with Crippen molar-refractivity contribution in [1.82, 2.24) is 0 Å². The number of aryl methyl sites for hydroxylation is 1. The first kappa shape index (κ1) is 10.9. The van der Waals surface area contributed by atoms with Gasteiger partial charge in [0.1, 0.15) is 0 Å². The molecule has 17 heavy (non-hydrogen) atoms. The normalized spacial score (nSPS) is 24.1. The number of anilines is 2. The topological polar surface area (TPSA) is 24.5 Å². The van der Waals surface area contributed by atoms with Gasteiger partial charge in [0.05, 0.1) is 24.6 Å². The fourth-order valence-corrected chi connectivity index (χ4v) is 2.82. The SMILES string of the molecule is CC1COCCN1c1cccc2c1NCCC2. The summed E-state index contributed by atoms with van der Waals surface area (Å²) in [4.78, 5) is 2.47. The molecule has 0 amide bonds. The highest BCUT2D eigenvalue weighted by atomic mass is 16.5. The molecule has 3 rings (SSSR count). The maximum Gasteiger partial charge on any atom is 0.0668 e. The van der Waals surface area contributed by atoms with Crippen molar-refractivity contribution in [2.24, 2.45) is 0 Å². The van der Waals surface area contributed by atoms with Gasteiger partial charge in [0.2, 0.25) is 0 Å². The molecule has 3 heteroatoms. The van der Waals surface area contributed by atoms with E-state index in [0.29, 0.717) is 6.04 Å². The third-order valence-corrected chi connectivity index (χ3v) is 3.73. The Labute approximate surface area is 103 Å². The van der Waals surface area contributed by atoms with Crippen LogP contribution in [0.5, 0.6) is 0 Å². The minimum Gasteiger partial charge on any atom is -0.383 e. The van der Waals surface area contributed by atoms with Gasteiger partial charge in [-0.3, -0.25) is 0 Å². The molecule has 0 spiro atoms. The number of para-hydroxylation sites is 1. The number of hydrogen-bond donors (Lipinski definition) is 1. The lowest BCUT2D eigenvalue weighted by atomic mass is 10.0. The van der Waals surface area contributed by atoms with Gasteiger partial charge in [-0.05, 0) is 31.4 Å². The Morgan fingerprint density at radius 1 is 1.41 bits per heavy atom. The molecule has 0 aliphatic carbocycles. The van der Waals surface area contributed by atoms with Crippen molar-refractivity contribution in [2.75, 3.05) is 36.5 Å². The molecule has 0 bridgehead atoms. The van der Waals surface area contributed by atoms with Gasteiger partial charge in [-0.1, -0.05) is 12.1 Å². The molecule has 0 saturated carbocycles. The lowest BCUT2D eigenvalue weighted by Gasteiger charge is -2.37. The molecule has 1 unspecified atom stereocenters. The molecule has 2 heterocycles. The van der Waals surface area contributed by atoms with Crippen LogP contribution in [0.4, 0.5) is 11.4 Å². The Bertz CT molecular complexity index is 405. The van der Waals surface area contributed by atoms with Crippen molar-refractivity contribution >= 4 is 11.4 Å². The van der Waals surface area contributed by atoms with Crippen LogP contribution in [0.2, 0.25) is 0 Å². The second kappa shape index (κ2) is 4.57. The van der Waals surface area contributed by atoms with Crippen molar-refractivity contribution in [3.8, 4) is 0 Å². The minimum absolute atomic E-state index is 0.471. The van der Waals surface area contributed by atoms with Crippen LogP contribution in [-0.4, -0.2) is 32.3 Å². The molecule has 2 aliphatic rings. The second-order valence-corrected chi connectivity index (χ2v) is 4.96. The van der Waals surface area contributed by atoms with Gasteiger partial charge in [-0.2, -0.15) is 0 Å². The lowest BCUT2D eigenvalue weighted by molar-refractivity contribution is 0.0990. The van der Waals surface area contributed by atoms with Gasteiger partial charge in [0, 0.05) is 19.1 Å². The smallest absolute Gasteiger partial charge is 0.0668 e. The fourth-order valence-electron chi connectivity index (χ4n) is 2.82. The number of hydrogen-bond acceptors (Lipinski definition) is 3. The third-order valence-electron chi connectivity index (χ3n) is 3.73. The fraction of sp³-hybridized carbons (Fsp3) is 0.571. The maximum atomic E-state index is 5.52. The number of nitrogens with zero attached hydrogens (tertiary/aromatic N) is 1. The van der Waals surface area contributed by atoms with Crippen molar-refractivity contribution in [1.29, 1.82) is 0 Å². The van der Waals surface area contributed by atoms with Crippen LogP contribution in [0.3, 0.4) is 0 Å². The number of rotatable bonds is 1. The average Bonchev–Trinajstić information content (AvgIpc) is 2.39. The van der Waals surface area contributed by atoms with E-state index in [0.717, 1.165) is 26.3 Å². The summed E-state index contributed by atoms with van der Waals surface area (Å²) in [5, 5.41) is 3.57. The zero-order valence-corrected chi connectivity index (χ0v) is 10.4. The van der Waals surface area contributed by atoms with Crippen LogP contribution >= 0.6 is 0 Å². The van der Waals surface area contributed by atoms with E-state index in [-0.39, 0.29) is 0 Å². The summed E-state index contributed by atoms with van der Waals surface area (Å²) in [6.45, 7) is 6.01. The molecule has 1 atom stereocenters. The van der Waals surface area contributed by atoms with Crippen molar-refractivity contribution in [3.63, 3.8) is 0 Å². The summed E-state index contributed by atoms with van der Waals surface area (Å²) in [6, 6.07) is 7.14. The van der Waals surface area contributed by atoms with Gasteiger partial charge < -0.3 is 15.0 Å². The molecule has 0 radical (unpaired) electrons. The molecule has 2 aliphatic heterocycles. The zero-order chi connectivity index (χ0) is 11.7. The third kappa shape index (κ3) is 2.00. The predicted octanol–water partition coefficient (Wildman–Crippen LogP) is 2.27. The van der Waals surface area contributed by atoms with Crippen LogP contribution in [0, 0.1) is 0 Å². The molecular formula is C14H20N2O. The summed E-state index contributed by atoms with van der Waals surface area (Å²) in [5.41, 5.74) is 4.18. The van der Waals surface area contributed by atoms with E-state index in [1.54, 1.807) is 0 Å². The van der Waals surface area contributed by atoms with Gasteiger partial charge in [-0.15, -0.1) is 0 Å². The quantitative estimate of drug-likeness (QED) is 0.804. The lowest BCUT2D eigenvalue weighted by Crippen LogP contribution is -2.44. The van der Waals surface area contributed by atoms with E-state index in [2.05, 4.69) is 35.3 Å². The number of nitrogens with one attached hydrogen (secondary N) is 1. The zero-order valence-electron chi connectivity index (χ0n) is 10.4. The van der Waals surface area contributed by atoms with E-state index < -0.39 is 0 Å². The molecule has 92 valence electrons. The molecular weight excluding hydrogens is 212 g/mol. The predicted molar refractivity (Wildman–Crippen MR) is 70.9 cm³/mol. The number of ether oxygens (including phenoxy) is 1. The Morgan fingerprint density at radius 3 is 3.24 bits per heavy atom. The van der Waals surface area contributed by atoms with E-state index in [1.165, 1.54) is 29.8 Å². The number of benzene rings is 1. The highest BCUT2D eigenvalue weighted by Crippen LogP contribution is 2.34. The van der Waals surface area contributed by atoms with Crippen molar-refractivity contribution in [2.45, 2.75) is 25.8 Å². The Balaban J connectivity index is 1.96. The van der Waals surface area contributed by atoms with E-state index >= 15 is 0 Å². The first-order valence-electron chi connectivity index (χ1n) is 6.56. The largest absolute Gasteiger partial charge is 0.383 e. The standard InChI is InChI=1S/C14H20N2O/c1-11-10-17-9-8-16(11)13-6-2-4-12-5-3-7-15-14(12)13/h2,4,6,11,15H,3,5,7-10H2,1H3. The van der Waals surface area contributed by atoms with Gasteiger partial charge >= 0.3 is 0 Å². The van der Waals surface area contributed by atoms with Gasteiger partial charge in [-0.25, -0.2) is 0 Å². The molecule has 1 aromatic carbocycles. The van der Waals surface area contributed by atoms with E-state index in [1.807, 2.05) is 0 Å².